The zero-order valence-electron chi connectivity index (χ0n) is 26.6. The monoisotopic (exact) mass is 699 g/mol. The minimum atomic E-state index is -0.900. The van der Waals surface area contributed by atoms with Crippen molar-refractivity contribution in [3.8, 4) is 0 Å². The summed E-state index contributed by atoms with van der Waals surface area (Å²) in [7, 11) is 3.76. The van der Waals surface area contributed by atoms with Crippen LogP contribution in [0.5, 0.6) is 0 Å². The highest BCUT2D eigenvalue weighted by atomic mass is 16.7. The Morgan fingerprint density at radius 2 is 0.771 bits per heavy atom. The Morgan fingerprint density at radius 1 is 0.562 bits per heavy atom. The Kier molecular flexibility index (Phi) is 28.0. The first-order valence-electron chi connectivity index (χ1n) is 13.6. The van der Waals surface area contributed by atoms with E-state index in [1.165, 1.54) is 21.3 Å². The lowest BCUT2D eigenvalue weighted by molar-refractivity contribution is -0.485. The molecule has 0 aliphatic rings. The molecule has 0 aliphatic heterocycles. The van der Waals surface area contributed by atoms with E-state index >= 15 is 0 Å². The molecule has 3 atom stereocenters. The van der Waals surface area contributed by atoms with Gasteiger partial charge < -0.3 is 64.6 Å². The Bertz CT molecular complexity index is 973. The zero-order valence-corrected chi connectivity index (χ0v) is 26.6. The zero-order chi connectivity index (χ0) is 37.7. The Morgan fingerprint density at radius 3 is 0.938 bits per heavy atom. The Hall–Kier alpha value is -5.70. The average Bonchev–Trinajstić information content (AvgIpc) is 3.01. The first-order valence-corrected chi connectivity index (χ1v) is 13.6. The number of guanidine groups is 3. The molecule has 0 saturated heterocycles. The molecule has 15 N–H and O–H groups in total. The van der Waals surface area contributed by atoms with Crippen LogP contribution in [0.2, 0.25) is 0 Å². The van der Waals surface area contributed by atoms with Crippen LogP contribution >= 0.6 is 0 Å². The molecular formula is C21H45N15O12. The third kappa shape index (κ3) is 30.3. The summed E-state index contributed by atoms with van der Waals surface area (Å²) in [5.41, 5.74) is 31.8. The van der Waals surface area contributed by atoms with E-state index in [2.05, 4.69) is 45.5 Å². The van der Waals surface area contributed by atoms with Gasteiger partial charge in [-0.05, 0) is 38.5 Å². The number of ether oxygens (including phenoxy) is 3. The van der Waals surface area contributed by atoms with Gasteiger partial charge in [0.25, 0.3) is 17.9 Å². The molecule has 48 heavy (non-hydrogen) atoms. The molecule has 27 heteroatoms. The smallest absolute Gasteiger partial charge is 0.322 e. The first-order chi connectivity index (χ1) is 22.4. The maximum Gasteiger partial charge on any atom is 0.322 e. The molecule has 27 nitrogen and oxygen atoms in total. The predicted molar refractivity (Wildman–Crippen MR) is 168 cm³/mol. The highest BCUT2D eigenvalue weighted by molar-refractivity contribution is 5.78. The van der Waals surface area contributed by atoms with Crippen molar-refractivity contribution in [2.24, 2.45) is 49.7 Å². The summed E-state index contributed by atoms with van der Waals surface area (Å²) in [5.74, 6) is -2.32. The van der Waals surface area contributed by atoms with Crippen molar-refractivity contribution in [3.05, 3.63) is 30.3 Å². The number of hydrazone groups is 3. The van der Waals surface area contributed by atoms with Gasteiger partial charge in [-0.1, -0.05) is 0 Å². The van der Waals surface area contributed by atoms with Crippen LogP contribution in [-0.2, 0) is 28.6 Å². The van der Waals surface area contributed by atoms with Gasteiger partial charge in [0.1, 0.15) is 33.4 Å². The molecule has 0 aromatic carbocycles. The number of methoxy groups -OCH3 is 3. The Balaban J connectivity index is -0.000000633. The van der Waals surface area contributed by atoms with E-state index in [-0.39, 0.29) is 17.9 Å². The van der Waals surface area contributed by atoms with Crippen molar-refractivity contribution in [1.29, 1.82) is 0 Å². The second-order valence-corrected chi connectivity index (χ2v) is 8.77. The predicted octanol–water partition coefficient (Wildman–Crippen LogP) is -4.91. The van der Waals surface area contributed by atoms with E-state index in [1.54, 1.807) is 0 Å². The number of hydrogen-bond acceptors (Lipinski definition) is 15. The van der Waals surface area contributed by atoms with E-state index in [0.717, 1.165) is 0 Å². The molecule has 0 aromatic heterocycles. The van der Waals surface area contributed by atoms with E-state index in [0.29, 0.717) is 58.2 Å². The van der Waals surface area contributed by atoms with Gasteiger partial charge in [0.15, 0.2) is 15.1 Å². The summed E-state index contributed by atoms with van der Waals surface area (Å²) >= 11 is 0. The fourth-order valence-corrected chi connectivity index (χ4v) is 2.79. The average molecular weight is 700 g/mol. The van der Waals surface area contributed by atoms with Crippen molar-refractivity contribution in [1.82, 2.24) is 16.0 Å². The Labute approximate surface area is 273 Å². The van der Waals surface area contributed by atoms with E-state index < -0.39 is 51.1 Å². The van der Waals surface area contributed by atoms with Gasteiger partial charge in [-0.3, -0.25) is 14.4 Å². The number of carbonyl (C=O) groups excluding carboxylic acids is 3. The number of carbonyl (C=O) groups is 3. The highest BCUT2D eigenvalue weighted by Crippen LogP contribution is 1.97. The largest absolute Gasteiger partial charge is 0.468 e. The van der Waals surface area contributed by atoms with Crippen LogP contribution in [0.25, 0.3) is 0 Å². The molecule has 0 aromatic rings. The van der Waals surface area contributed by atoms with Gasteiger partial charge >= 0.3 is 17.9 Å². The molecule has 0 fully saturated rings. The molecule has 0 spiro atoms. The number of nitrogens with one attached hydrogen (secondary N) is 3. The molecule has 0 rings (SSSR count). The molecule has 0 amide bonds. The van der Waals surface area contributed by atoms with Gasteiger partial charge in [0.05, 0.1) is 21.3 Å². The van der Waals surface area contributed by atoms with Crippen LogP contribution in [0.15, 0.2) is 15.3 Å². The summed E-state index contributed by atoms with van der Waals surface area (Å²) in [6.07, 6.45) is 2.74. The molecule has 0 aliphatic carbocycles. The molecule has 0 saturated carbocycles. The molecule has 0 bridgehead atoms. The third-order valence-electron chi connectivity index (χ3n) is 5.07. The van der Waals surface area contributed by atoms with Crippen molar-refractivity contribution in [3.63, 3.8) is 0 Å². The lowest BCUT2D eigenvalue weighted by Gasteiger charge is -2.08. The fraction of sp³-hybridized carbons (Fsp3) is 0.714. The standard InChI is InChI=1S/3C7H15N5O4/c3*1-16-6(13)5(8)3-2-4-10-7(9)11-12(14)15/h3*5H,2-4,8H2,1H3,(H3,9,10,11)/t3*5-/m000/s1. The lowest BCUT2D eigenvalue weighted by atomic mass is 10.2. The van der Waals surface area contributed by atoms with Gasteiger partial charge in [0.2, 0.25) is 0 Å². The topological polar surface area (TPSA) is 438 Å². The summed E-state index contributed by atoms with van der Waals surface area (Å²) < 4.78 is 13.3. The number of hydrogen-bond donors (Lipinski definition) is 9. The maximum atomic E-state index is 10.9. The highest BCUT2D eigenvalue weighted by Gasteiger charge is 2.14. The van der Waals surface area contributed by atoms with E-state index in [4.69, 9.17) is 34.4 Å². The van der Waals surface area contributed by atoms with Crippen LogP contribution in [0, 0.1) is 30.3 Å². The van der Waals surface area contributed by atoms with Gasteiger partial charge in [-0.2, -0.15) is 0 Å². The summed E-state index contributed by atoms with van der Waals surface area (Å²) in [5, 5.41) is 43.0. The van der Waals surface area contributed by atoms with Crippen molar-refractivity contribution in [2.45, 2.75) is 56.7 Å². The van der Waals surface area contributed by atoms with E-state index in [1.807, 2.05) is 0 Å². The molecule has 0 unspecified atom stereocenters. The van der Waals surface area contributed by atoms with Crippen LogP contribution in [-0.4, -0.2) is 110 Å². The molecular weight excluding hydrogens is 654 g/mol. The summed E-state index contributed by atoms with van der Waals surface area (Å²) in [6.45, 7) is 1.02. The number of nitrogens with two attached hydrogens (primary N) is 6. The van der Waals surface area contributed by atoms with Gasteiger partial charge in [-0.25, -0.2) is 30.3 Å². The van der Waals surface area contributed by atoms with Crippen LogP contribution < -0.4 is 50.4 Å². The second kappa shape index (κ2) is 28.8. The minimum absolute atomic E-state index is 0.281. The fourth-order valence-electron chi connectivity index (χ4n) is 2.79. The number of nitro groups is 3. The van der Waals surface area contributed by atoms with Crippen LogP contribution in [0.3, 0.4) is 0 Å². The third-order valence-corrected chi connectivity index (χ3v) is 5.07. The van der Waals surface area contributed by atoms with E-state index in [9.17, 15) is 44.7 Å². The molecule has 0 radical (unpaired) electrons. The normalized spacial score (nSPS) is 13.0. The van der Waals surface area contributed by atoms with Gasteiger partial charge in [-0.15, -0.1) is 0 Å². The van der Waals surface area contributed by atoms with Crippen LogP contribution in [0.1, 0.15) is 38.5 Å². The second-order valence-electron chi connectivity index (χ2n) is 8.77. The number of rotatable bonds is 18. The number of nitrogens with zero attached hydrogens (tertiary/aromatic N) is 6. The summed E-state index contributed by atoms with van der Waals surface area (Å²) in [4.78, 5) is 62.3. The van der Waals surface area contributed by atoms with Crippen LogP contribution in [0.4, 0.5) is 0 Å². The van der Waals surface area contributed by atoms with Gasteiger partial charge in [0, 0.05) is 19.6 Å². The SMILES string of the molecule is COC(=O)[C@@H](N)CCCNC(N)=N[N+](=O)[O-].COC(=O)[C@@H](N)CCCNC(N)=N[N+](=O)[O-].COC(=O)[C@@H](N)CCCNC(N)=N[N+](=O)[O-]. The first kappa shape index (κ1) is 46.7. The number of esters is 3. The quantitative estimate of drug-likeness (QED) is 0.0123. The molecule has 0 heterocycles. The van der Waals surface area contributed by atoms with Crippen molar-refractivity contribution in [2.75, 3.05) is 41.0 Å². The van der Waals surface area contributed by atoms with Crippen molar-refractivity contribution < 1.29 is 43.7 Å². The lowest BCUT2D eigenvalue weighted by Crippen LogP contribution is -2.35. The summed E-state index contributed by atoms with van der Waals surface area (Å²) in [6, 6.07) is -2.08. The minimum Gasteiger partial charge on any atom is -0.468 e. The molecule has 276 valence electrons. The maximum absolute atomic E-state index is 10.9. The van der Waals surface area contributed by atoms with Crippen molar-refractivity contribution >= 4 is 35.8 Å².